The Morgan fingerprint density at radius 2 is 1.90 bits per heavy atom. The van der Waals surface area contributed by atoms with E-state index >= 15 is 0 Å². The van der Waals surface area contributed by atoms with Gasteiger partial charge in [-0.15, -0.1) is 12.4 Å². The van der Waals surface area contributed by atoms with E-state index in [1.165, 1.54) is 0 Å². The third-order valence-electron chi connectivity index (χ3n) is 2.80. The maximum atomic E-state index is 11.6. The number of hydrogen-bond donors (Lipinski definition) is 2. The second-order valence-electron chi connectivity index (χ2n) is 4.47. The molecule has 1 rings (SSSR count). The van der Waals surface area contributed by atoms with Crippen molar-refractivity contribution in [2.24, 2.45) is 0 Å². The monoisotopic (exact) mass is 316 g/mol. The molecule has 0 unspecified atom stereocenters. The summed E-state index contributed by atoms with van der Waals surface area (Å²) in [5.41, 5.74) is 1.06. The predicted molar refractivity (Wildman–Crippen MR) is 86.1 cm³/mol. The summed E-state index contributed by atoms with van der Waals surface area (Å²) in [6.45, 7) is 2.53. The van der Waals surface area contributed by atoms with E-state index in [4.69, 9.17) is 9.47 Å². The molecule has 5 nitrogen and oxygen atoms in total. The van der Waals surface area contributed by atoms with Gasteiger partial charge in [0.15, 0.2) is 0 Å². The van der Waals surface area contributed by atoms with Crippen LogP contribution in [-0.2, 0) is 16.1 Å². The zero-order valence-electron chi connectivity index (χ0n) is 12.7. The zero-order valence-corrected chi connectivity index (χ0v) is 13.5. The first kappa shape index (κ1) is 19.7. The van der Waals surface area contributed by atoms with Crippen LogP contribution in [0.25, 0.3) is 0 Å². The largest absolute Gasteiger partial charge is 0.491 e. The Bertz CT molecular complexity index is 385. The van der Waals surface area contributed by atoms with Gasteiger partial charge in [-0.2, -0.15) is 0 Å². The number of hydrogen-bond acceptors (Lipinski definition) is 4. The summed E-state index contributed by atoms with van der Waals surface area (Å²) in [7, 11) is 3.53. The van der Waals surface area contributed by atoms with Crippen LogP contribution >= 0.6 is 12.4 Å². The fourth-order valence-corrected chi connectivity index (χ4v) is 1.66. The minimum atomic E-state index is 0. The molecule has 0 radical (unpaired) electrons. The van der Waals surface area contributed by atoms with Crippen molar-refractivity contribution in [2.75, 3.05) is 33.9 Å². The van der Waals surface area contributed by atoms with Crippen LogP contribution in [0.2, 0.25) is 0 Å². The number of nitrogens with one attached hydrogen (secondary N) is 2. The van der Waals surface area contributed by atoms with Gasteiger partial charge in [-0.1, -0.05) is 12.1 Å². The molecule has 2 N–H and O–H groups in total. The minimum Gasteiger partial charge on any atom is -0.491 e. The Hall–Kier alpha value is -1.30. The number of ether oxygens (including phenoxy) is 2. The summed E-state index contributed by atoms with van der Waals surface area (Å²) in [6.07, 6.45) is 1.41. The summed E-state index contributed by atoms with van der Waals surface area (Å²) in [6, 6.07) is 7.71. The smallest absolute Gasteiger partial charge is 0.220 e. The summed E-state index contributed by atoms with van der Waals surface area (Å²) >= 11 is 0. The average Bonchev–Trinajstić information content (AvgIpc) is 2.47. The van der Waals surface area contributed by atoms with Crippen molar-refractivity contribution >= 4 is 18.3 Å². The fraction of sp³-hybridized carbons (Fsp3) is 0.533. The SMILES string of the molecule is CNCCCC(=O)NCc1ccc(OCCOC)cc1.Cl. The van der Waals surface area contributed by atoms with Gasteiger partial charge in [-0.25, -0.2) is 0 Å². The van der Waals surface area contributed by atoms with E-state index in [1.54, 1.807) is 7.11 Å². The molecular formula is C15H25ClN2O3. The maximum absolute atomic E-state index is 11.6. The van der Waals surface area contributed by atoms with Crippen LogP contribution < -0.4 is 15.4 Å². The van der Waals surface area contributed by atoms with E-state index in [0.29, 0.717) is 26.2 Å². The quantitative estimate of drug-likeness (QED) is 0.646. The van der Waals surface area contributed by atoms with E-state index in [1.807, 2.05) is 31.3 Å². The molecule has 0 aromatic heterocycles. The van der Waals surface area contributed by atoms with E-state index in [9.17, 15) is 4.79 Å². The predicted octanol–water partition coefficient (Wildman–Crippen LogP) is 1.75. The molecule has 0 atom stereocenters. The molecule has 6 heteroatoms. The number of methoxy groups -OCH3 is 1. The fourth-order valence-electron chi connectivity index (χ4n) is 1.66. The molecule has 120 valence electrons. The van der Waals surface area contributed by atoms with Gasteiger partial charge in [0.2, 0.25) is 5.91 Å². The third kappa shape index (κ3) is 9.28. The number of carbonyl (C=O) groups excluding carboxylic acids is 1. The molecule has 0 aliphatic rings. The van der Waals surface area contributed by atoms with Gasteiger partial charge in [0.25, 0.3) is 0 Å². The minimum absolute atomic E-state index is 0. The first-order chi connectivity index (χ1) is 9.76. The lowest BCUT2D eigenvalue weighted by Crippen LogP contribution is -2.23. The molecule has 0 aliphatic heterocycles. The molecule has 21 heavy (non-hydrogen) atoms. The molecule has 0 fully saturated rings. The number of amides is 1. The molecule has 1 aromatic rings. The normalized spacial score (nSPS) is 9.81. The Balaban J connectivity index is 0.00000400. The topological polar surface area (TPSA) is 59.6 Å². The van der Waals surface area contributed by atoms with Crippen molar-refractivity contribution in [3.05, 3.63) is 29.8 Å². The van der Waals surface area contributed by atoms with Gasteiger partial charge in [0.05, 0.1) is 6.61 Å². The number of carbonyl (C=O) groups is 1. The van der Waals surface area contributed by atoms with Crippen molar-refractivity contribution in [1.29, 1.82) is 0 Å². The molecule has 0 aliphatic carbocycles. The Labute approximate surface area is 132 Å². The second kappa shape index (κ2) is 12.4. The van der Waals surface area contributed by atoms with Crippen molar-refractivity contribution < 1.29 is 14.3 Å². The highest BCUT2D eigenvalue weighted by Gasteiger charge is 2.01. The number of benzene rings is 1. The number of rotatable bonds is 10. The van der Waals surface area contributed by atoms with E-state index in [-0.39, 0.29) is 18.3 Å². The van der Waals surface area contributed by atoms with Crippen molar-refractivity contribution in [3.63, 3.8) is 0 Å². The molecule has 0 bridgehead atoms. The van der Waals surface area contributed by atoms with Gasteiger partial charge in [0, 0.05) is 20.1 Å². The molecule has 0 saturated carbocycles. The summed E-state index contributed by atoms with van der Waals surface area (Å²) in [5.74, 6) is 0.895. The van der Waals surface area contributed by atoms with Gasteiger partial charge < -0.3 is 20.1 Å². The Kier molecular flexibility index (Phi) is 11.7. The average molecular weight is 317 g/mol. The van der Waals surface area contributed by atoms with Gasteiger partial charge >= 0.3 is 0 Å². The standard InChI is InChI=1S/C15H24N2O3.ClH/c1-16-9-3-4-15(18)17-12-13-5-7-14(8-6-13)20-11-10-19-2;/h5-8,16H,3-4,9-12H2,1-2H3,(H,17,18);1H. The van der Waals surface area contributed by atoms with E-state index < -0.39 is 0 Å². The molecule has 1 aromatic carbocycles. The number of halogens is 1. The summed E-state index contributed by atoms with van der Waals surface area (Å²) in [4.78, 5) is 11.6. The van der Waals surface area contributed by atoms with Crippen LogP contribution in [0.15, 0.2) is 24.3 Å². The van der Waals surface area contributed by atoms with Crippen LogP contribution in [0.1, 0.15) is 18.4 Å². The van der Waals surface area contributed by atoms with Crippen molar-refractivity contribution in [2.45, 2.75) is 19.4 Å². The summed E-state index contributed by atoms with van der Waals surface area (Å²) in [5, 5.41) is 5.92. The van der Waals surface area contributed by atoms with Crippen LogP contribution in [0.4, 0.5) is 0 Å². The first-order valence-electron chi connectivity index (χ1n) is 6.88. The third-order valence-corrected chi connectivity index (χ3v) is 2.80. The highest BCUT2D eigenvalue weighted by Crippen LogP contribution is 2.12. The molecule has 0 heterocycles. The highest BCUT2D eigenvalue weighted by molar-refractivity contribution is 5.85. The van der Waals surface area contributed by atoms with Gasteiger partial charge in [0.1, 0.15) is 12.4 Å². The van der Waals surface area contributed by atoms with Crippen LogP contribution in [0.5, 0.6) is 5.75 Å². The molecule has 0 saturated heterocycles. The molecular weight excluding hydrogens is 292 g/mol. The van der Waals surface area contributed by atoms with Crippen LogP contribution in [-0.4, -0.2) is 39.8 Å². The lowest BCUT2D eigenvalue weighted by Gasteiger charge is -2.08. The van der Waals surface area contributed by atoms with Crippen LogP contribution in [0.3, 0.4) is 0 Å². The second-order valence-corrected chi connectivity index (χ2v) is 4.47. The van der Waals surface area contributed by atoms with Gasteiger partial charge in [-0.3, -0.25) is 4.79 Å². The lowest BCUT2D eigenvalue weighted by atomic mass is 10.2. The lowest BCUT2D eigenvalue weighted by molar-refractivity contribution is -0.121. The van der Waals surface area contributed by atoms with Crippen molar-refractivity contribution in [3.8, 4) is 5.75 Å². The maximum Gasteiger partial charge on any atom is 0.220 e. The summed E-state index contributed by atoms with van der Waals surface area (Å²) < 4.78 is 10.4. The molecule has 1 amide bonds. The zero-order chi connectivity index (χ0) is 14.6. The Morgan fingerprint density at radius 1 is 1.19 bits per heavy atom. The van der Waals surface area contributed by atoms with E-state index in [2.05, 4.69) is 10.6 Å². The highest BCUT2D eigenvalue weighted by atomic mass is 35.5. The Morgan fingerprint density at radius 3 is 2.52 bits per heavy atom. The first-order valence-corrected chi connectivity index (χ1v) is 6.88. The van der Waals surface area contributed by atoms with Crippen molar-refractivity contribution in [1.82, 2.24) is 10.6 Å². The van der Waals surface area contributed by atoms with E-state index in [0.717, 1.165) is 24.3 Å². The molecule has 0 spiro atoms. The van der Waals surface area contributed by atoms with Gasteiger partial charge in [-0.05, 0) is 37.7 Å². The van der Waals surface area contributed by atoms with Crippen LogP contribution in [0, 0.1) is 0 Å².